The molecule has 0 atom stereocenters. The highest BCUT2D eigenvalue weighted by atomic mass is 16.5. The molecule has 0 aliphatic heterocycles. The largest absolute Gasteiger partial charge is 0.498 e. The Balaban J connectivity index is 3.74. The molecule has 4 heteroatoms. The van der Waals surface area contributed by atoms with Crippen LogP contribution in [0.3, 0.4) is 0 Å². The highest BCUT2D eigenvalue weighted by molar-refractivity contribution is 5.91. The van der Waals surface area contributed by atoms with Crippen LogP contribution in [0, 0.1) is 0 Å². The van der Waals surface area contributed by atoms with Crippen molar-refractivity contribution < 1.29 is 14.3 Å². The van der Waals surface area contributed by atoms with Gasteiger partial charge in [0.25, 0.3) is 5.91 Å². The minimum atomic E-state index is -0.666. The number of carbonyl (C=O) groups excluding carboxylic acids is 2. The van der Waals surface area contributed by atoms with Gasteiger partial charge in [0.15, 0.2) is 0 Å². The Labute approximate surface area is 64.6 Å². The summed E-state index contributed by atoms with van der Waals surface area (Å²) in [5, 5.41) is 0. The monoisotopic (exact) mass is 155 g/mol. The van der Waals surface area contributed by atoms with E-state index in [4.69, 9.17) is 4.74 Å². The molecule has 0 heterocycles. The molecule has 0 aromatic carbocycles. The van der Waals surface area contributed by atoms with Gasteiger partial charge in [0, 0.05) is 6.08 Å². The summed E-state index contributed by atoms with van der Waals surface area (Å²) in [7, 11) is 0. The molecule has 0 saturated heterocycles. The Morgan fingerprint density at radius 2 is 2.27 bits per heavy atom. The molecule has 0 rings (SSSR count). The van der Waals surface area contributed by atoms with Crippen LogP contribution in [0.4, 0.5) is 0 Å². The van der Waals surface area contributed by atoms with Gasteiger partial charge < -0.3 is 4.74 Å². The summed E-state index contributed by atoms with van der Waals surface area (Å²) in [5.74, 6) is -0.666. The number of amides is 1. The Hall–Kier alpha value is -1.41. The minimum Gasteiger partial charge on any atom is -0.498 e. The molecule has 0 spiro atoms. The van der Waals surface area contributed by atoms with Gasteiger partial charge in [-0.25, -0.2) is 4.79 Å². The van der Waals surface area contributed by atoms with Gasteiger partial charge >= 0.3 is 0 Å². The summed E-state index contributed by atoms with van der Waals surface area (Å²) in [5.41, 5.74) is 0. The van der Waals surface area contributed by atoms with Crippen molar-refractivity contribution in [1.82, 2.24) is 0 Å². The summed E-state index contributed by atoms with van der Waals surface area (Å²) in [6.07, 6.45) is 3.40. The van der Waals surface area contributed by atoms with Crippen LogP contribution < -0.4 is 0 Å². The fourth-order valence-electron chi connectivity index (χ4n) is 0.337. The third kappa shape index (κ3) is 6.48. The Morgan fingerprint density at radius 1 is 1.64 bits per heavy atom. The number of nitrogens with zero attached hydrogens (tertiary/aromatic N) is 1. The van der Waals surface area contributed by atoms with Crippen LogP contribution in [0.5, 0.6) is 0 Å². The second-order valence-corrected chi connectivity index (χ2v) is 2.03. The van der Waals surface area contributed by atoms with Gasteiger partial charge in [-0.1, -0.05) is 0 Å². The SMILES string of the molecule is CC(C)OC=CC(=O)N=C=O. The second kappa shape index (κ2) is 5.38. The number of hydrogen-bond acceptors (Lipinski definition) is 3. The van der Waals surface area contributed by atoms with Crippen LogP contribution in [0.1, 0.15) is 13.8 Å². The van der Waals surface area contributed by atoms with Gasteiger partial charge in [-0.15, -0.1) is 4.99 Å². The summed E-state index contributed by atoms with van der Waals surface area (Å²) in [6.45, 7) is 3.63. The summed E-state index contributed by atoms with van der Waals surface area (Å²) in [4.78, 5) is 22.8. The number of ether oxygens (including phenoxy) is 1. The van der Waals surface area contributed by atoms with Crippen LogP contribution in [0.2, 0.25) is 0 Å². The lowest BCUT2D eigenvalue weighted by molar-refractivity contribution is -0.113. The molecular weight excluding hydrogens is 146 g/mol. The summed E-state index contributed by atoms with van der Waals surface area (Å²) < 4.78 is 4.87. The molecule has 0 radical (unpaired) electrons. The van der Waals surface area contributed by atoms with E-state index >= 15 is 0 Å². The van der Waals surface area contributed by atoms with Gasteiger partial charge in [0.05, 0.1) is 12.4 Å². The van der Waals surface area contributed by atoms with Crippen molar-refractivity contribution >= 4 is 12.0 Å². The van der Waals surface area contributed by atoms with Crippen molar-refractivity contribution in [2.45, 2.75) is 20.0 Å². The van der Waals surface area contributed by atoms with E-state index in [-0.39, 0.29) is 6.10 Å². The molecule has 4 nitrogen and oxygen atoms in total. The lowest BCUT2D eigenvalue weighted by Crippen LogP contribution is -1.96. The smallest absolute Gasteiger partial charge is 0.283 e. The number of carbonyl (C=O) groups is 1. The van der Waals surface area contributed by atoms with Crippen molar-refractivity contribution in [2.24, 2.45) is 4.99 Å². The van der Waals surface area contributed by atoms with Gasteiger partial charge in [-0.2, -0.15) is 0 Å². The van der Waals surface area contributed by atoms with E-state index in [0.717, 1.165) is 12.2 Å². The van der Waals surface area contributed by atoms with Crippen LogP contribution in [-0.4, -0.2) is 18.1 Å². The maximum absolute atomic E-state index is 10.4. The first-order chi connectivity index (χ1) is 5.16. The third-order valence-electron chi connectivity index (χ3n) is 0.717. The molecule has 0 aromatic rings. The van der Waals surface area contributed by atoms with Gasteiger partial charge in [0.2, 0.25) is 6.08 Å². The van der Waals surface area contributed by atoms with Crippen molar-refractivity contribution in [3.63, 3.8) is 0 Å². The van der Waals surface area contributed by atoms with Crippen LogP contribution in [-0.2, 0) is 14.3 Å². The van der Waals surface area contributed by atoms with E-state index in [9.17, 15) is 9.59 Å². The first kappa shape index (κ1) is 9.59. The van der Waals surface area contributed by atoms with Crippen LogP contribution >= 0.6 is 0 Å². The van der Waals surface area contributed by atoms with Crippen molar-refractivity contribution in [2.75, 3.05) is 0 Å². The molecule has 0 aromatic heterocycles. The van der Waals surface area contributed by atoms with Crippen molar-refractivity contribution in [3.8, 4) is 0 Å². The zero-order valence-corrected chi connectivity index (χ0v) is 6.40. The fourth-order valence-corrected chi connectivity index (χ4v) is 0.337. The van der Waals surface area contributed by atoms with E-state index in [0.29, 0.717) is 0 Å². The lowest BCUT2D eigenvalue weighted by atomic mass is 10.5. The highest BCUT2D eigenvalue weighted by Crippen LogP contribution is 1.88. The third-order valence-corrected chi connectivity index (χ3v) is 0.717. The van der Waals surface area contributed by atoms with Crippen molar-refractivity contribution in [3.05, 3.63) is 12.3 Å². The Morgan fingerprint density at radius 3 is 2.73 bits per heavy atom. The Bertz CT molecular complexity index is 202. The van der Waals surface area contributed by atoms with E-state index < -0.39 is 5.91 Å². The van der Waals surface area contributed by atoms with E-state index in [1.165, 1.54) is 6.26 Å². The van der Waals surface area contributed by atoms with Crippen molar-refractivity contribution in [1.29, 1.82) is 0 Å². The fraction of sp³-hybridized carbons (Fsp3) is 0.429. The van der Waals surface area contributed by atoms with E-state index in [1.807, 2.05) is 13.8 Å². The maximum Gasteiger partial charge on any atom is 0.283 e. The molecular formula is C7H9NO3. The summed E-state index contributed by atoms with van der Waals surface area (Å²) >= 11 is 0. The second-order valence-electron chi connectivity index (χ2n) is 2.03. The normalized spacial score (nSPS) is 9.73. The first-order valence-electron chi connectivity index (χ1n) is 3.10. The minimum absolute atomic E-state index is 0.0132. The number of isocyanates is 1. The van der Waals surface area contributed by atoms with E-state index in [1.54, 1.807) is 0 Å². The quantitative estimate of drug-likeness (QED) is 0.262. The molecule has 0 aliphatic rings. The number of hydrogen-bond donors (Lipinski definition) is 0. The van der Waals surface area contributed by atoms with Crippen LogP contribution in [0.15, 0.2) is 17.3 Å². The van der Waals surface area contributed by atoms with Gasteiger partial charge in [-0.05, 0) is 13.8 Å². The van der Waals surface area contributed by atoms with E-state index in [2.05, 4.69) is 4.99 Å². The average Bonchev–Trinajstić information content (AvgIpc) is 1.87. The predicted molar refractivity (Wildman–Crippen MR) is 38.5 cm³/mol. The number of aliphatic imine (C=N–C) groups is 1. The maximum atomic E-state index is 10.4. The lowest BCUT2D eigenvalue weighted by Gasteiger charge is -2.00. The molecule has 0 aliphatic carbocycles. The summed E-state index contributed by atoms with van der Waals surface area (Å²) in [6, 6.07) is 0. The number of rotatable bonds is 3. The molecule has 0 bridgehead atoms. The molecule has 0 fully saturated rings. The topological polar surface area (TPSA) is 55.7 Å². The zero-order valence-electron chi connectivity index (χ0n) is 6.40. The predicted octanol–water partition coefficient (Wildman–Crippen LogP) is 0.787. The zero-order chi connectivity index (χ0) is 8.69. The van der Waals surface area contributed by atoms with Gasteiger partial charge in [0.1, 0.15) is 0 Å². The molecule has 0 saturated carbocycles. The highest BCUT2D eigenvalue weighted by Gasteiger charge is 1.90. The first-order valence-corrected chi connectivity index (χ1v) is 3.10. The Kier molecular flexibility index (Phi) is 4.69. The molecule has 0 unspecified atom stereocenters. The molecule has 60 valence electrons. The average molecular weight is 155 g/mol. The molecule has 1 amide bonds. The standard InChI is InChI=1S/C7H9NO3/c1-6(2)11-4-3-7(10)8-5-9/h3-4,6H,1-2H3. The van der Waals surface area contributed by atoms with Crippen LogP contribution in [0.25, 0.3) is 0 Å². The molecule has 0 N–H and O–H groups in total. The molecule has 11 heavy (non-hydrogen) atoms. The van der Waals surface area contributed by atoms with Gasteiger partial charge in [-0.3, -0.25) is 4.79 Å².